The van der Waals surface area contributed by atoms with E-state index in [2.05, 4.69) is 36.5 Å². The van der Waals surface area contributed by atoms with Gasteiger partial charge in [0.25, 0.3) is 0 Å². The van der Waals surface area contributed by atoms with Crippen molar-refractivity contribution in [1.29, 1.82) is 5.26 Å². The van der Waals surface area contributed by atoms with Gasteiger partial charge in [0.05, 0.1) is 28.6 Å². The number of anilines is 2. The summed E-state index contributed by atoms with van der Waals surface area (Å²) in [6.07, 6.45) is 3.59. The molecule has 1 heterocycles. The first-order valence-electron chi connectivity index (χ1n) is 9.89. The van der Waals surface area contributed by atoms with Crippen LogP contribution in [0.5, 0.6) is 0 Å². The first kappa shape index (κ1) is 21.1. The average Bonchev–Trinajstić information content (AvgIpc) is 2.71. The summed E-state index contributed by atoms with van der Waals surface area (Å²) in [5.74, 6) is -0.937. The molecular weight excluding hydrogens is 382 g/mol. The monoisotopic (exact) mass is 409 g/mol. The van der Waals surface area contributed by atoms with E-state index in [4.69, 9.17) is 0 Å². The number of nitrogens with zero attached hydrogens (tertiary/aromatic N) is 2. The Balaban J connectivity index is 1.93. The van der Waals surface area contributed by atoms with Crippen LogP contribution in [-0.2, 0) is 5.41 Å². The van der Waals surface area contributed by atoms with Crippen molar-refractivity contribution in [3.8, 4) is 6.07 Å². The zero-order chi connectivity index (χ0) is 21.0. The van der Waals surface area contributed by atoms with Crippen LogP contribution in [0.2, 0.25) is 0 Å². The molecular formula is C23H27N3O2S. The van der Waals surface area contributed by atoms with Gasteiger partial charge in [-0.25, -0.2) is 4.79 Å². The molecule has 0 aromatic heterocycles. The molecule has 6 heteroatoms. The van der Waals surface area contributed by atoms with Gasteiger partial charge in [-0.15, -0.1) is 0 Å². The van der Waals surface area contributed by atoms with Gasteiger partial charge < -0.3 is 14.7 Å². The fourth-order valence-electron chi connectivity index (χ4n) is 3.57. The van der Waals surface area contributed by atoms with Crippen molar-refractivity contribution in [3.63, 3.8) is 0 Å². The number of piperidine rings is 1. The summed E-state index contributed by atoms with van der Waals surface area (Å²) in [4.78, 5) is 14.7. The van der Waals surface area contributed by atoms with Crippen molar-refractivity contribution in [3.05, 3.63) is 53.1 Å². The van der Waals surface area contributed by atoms with Crippen LogP contribution in [0.3, 0.4) is 0 Å². The number of carboxylic acid groups (broad SMARTS) is 1. The molecule has 0 unspecified atom stereocenters. The standard InChI is InChI=1S/C23H27N3O2S/c1-23(2,3)18-9-8-17(22(27)28)14-21(18)29-25-19-13-16(15-24)7-10-20(19)26-11-5-4-6-12-26/h7-10,13-14,25H,4-6,11-12H2,1-3H3,(H,27,28). The molecule has 2 aromatic rings. The fraction of sp³-hybridized carbons (Fsp3) is 0.391. The van der Waals surface area contributed by atoms with Gasteiger partial charge in [-0.3, -0.25) is 0 Å². The SMILES string of the molecule is CC(C)(C)c1ccc(C(=O)O)cc1SNc1cc(C#N)ccc1N1CCCCC1. The average molecular weight is 410 g/mol. The maximum Gasteiger partial charge on any atom is 0.335 e. The summed E-state index contributed by atoms with van der Waals surface area (Å²) in [7, 11) is 0. The summed E-state index contributed by atoms with van der Waals surface area (Å²) in [6.45, 7) is 8.35. The molecule has 0 bridgehead atoms. The Kier molecular flexibility index (Phi) is 6.39. The predicted octanol–water partition coefficient (Wildman–Crippen LogP) is 5.66. The van der Waals surface area contributed by atoms with Crippen LogP contribution in [-0.4, -0.2) is 24.2 Å². The topological polar surface area (TPSA) is 76.4 Å². The summed E-state index contributed by atoms with van der Waals surface area (Å²) in [6, 6.07) is 13.2. The van der Waals surface area contributed by atoms with Gasteiger partial charge in [0.15, 0.2) is 0 Å². The molecule has 0 spiro atoms. The van der Waals surface area contributed by atoms with Gasteiger partial charge in [0.2, 0.25) is 0 Å². The van der Waals surface area contributed by atoms with E-state index in [0.29, 0.717) is 5.56 Å². The maximum absolute atomic E-state index is 11.5. The molecule has 0 saturated carbocycles. The molecule has 5 nitrogen and oxygen atoms in total. The Hall–Kier alpha value is -2.65. The Morgan fingerprint density at radius 1 is 1.14 bits per heavy atom. The number of nitrogens with one attached hydrogen (secondary N) is 1. The number of benzene rings is 2. The molecule has 1 aliphatic heterocycles. The van der Waals surface area contributed by atoms with Gasteiger partial charge >= 0.3 is 5.97 Å². The van der Waals surface area contributed by atoms with Crippen LogP contribution in [0.4, 0.5) is 11.4 Å². The number of carbonyl (C=O) groups is 1. The Morgan fingerprint density at radius 3 is 2.48 bits per heavy atom. The van der Waals surface area contributed by atoms with E-state index in [-0.39, 0.29) is 11.0 Å². The summed E-state index contributed by atoms with van der Waals surface area (Å²) >= 11 is 1.41. The Labute approximate surface area is 176 Å². The second-order valence-corrected chi connectivity index (χ2v) is 9.21. The Bertz CT molecular complexity index is 938. The van der Waals surface area contributed by atoms with Gasteiger partial charge in [-0.1, -0.05) is 26.8 Å². The van der Waals surface area contributed by atoms with Gasteiger partial charge in [0, 0.05) is 18.0 Å². The van der Waals surface area contributed by atoms with Gasteiger partial charge in [0.1, 0.15) is 0 Å². The minimum Gasteiger partial charge on any atom is -0.478 e. The van der Waals surface area contributed by atoms with E-state index in [1.165, 1.54) is 31.2 Å². The summed E-state index contributed by atoms with van der Waals surface area (Å²) in [5, 5.41) is 18.7. The van der Waals surface area contributed by atoms with Gasteiger partial charge in [-0.2, -0.15) is 5.26 Å². The summed E-state index contributed by atoms with van der Waals surface area (Å²) < 4.78 is 3.41. The number of nitriles is 1. The molecule has 2 N–H and O–H groups in total. The van der Waals surface area contributed by atoms with E-state index < -0.39 is 5.97 Å². The molecule has 2 aromatic carbocycles. The normalized spacial score (nSPS) is 14.3. The van der Waals surface area contributed by atoms with Crippen molar-refractivity contribution in [2.45, 2.75) is 50.3 Å². The molecule has 3 rings (SSSR count). The second kappa shape index (κ2) is 8.79. The van der Waals surface area contributed by atoms with Crippen molar-refractivity contribution in [2.75, 3.05) is 22.7 Å². The lowest BCUT2D eigenvalue weighted by atomic mass is 9.86. The molecule has 29 heavy (non-hydrogen) atoms. The third-order valence-corrected chi connectivity index (χ3v) is 6.01. The number of carboxylic acids is 1. The van der Waals surface area contributed by atoms with E-state index >= 15 is 0 Å². The van der Waals surface area contributed by atoms with Crippen molar-refractivity contribution < 1.29 is 9.90 Å². The molecule has 1 saturated heterocycles. The maximum atomic E-state index is 11.5. The minimum atomic E-state index is -0.937. The largest absolute Gasteiger partial charge is 0.478 e. The third kappa shape index (κ3) is 5.04. The first-order chi connectivity index (χ1) is 13.8. The molecule has 0 atom stereocenters. The zero-order valence-corrected chi connectivity index (χ0v) is 18.0. The molecule has 0 amide bonds. The molecule has 1 aliphatic rings. The van der Waals surface area contributed by atoms with Crippen molar-refractivity contribution in [1.82, 2.24) is 0 Å². The number of hydrogen-bond acceptors (Lipinski definition) is 5. The third-order valence-electron chi connectivity index (χ3n) is 5.13. The molecule has 0 radical (unpaired) electrons. The number of rotatable bonds is 5. The molecule has 0 aliphatic carbocycles. The van der Waals surface area contributed by atoms with Crippen LogP contribution < -0.4 is 9.62 Å². The van der Waals surface area contributed by atoms with Crippen LogP contribution in [0, 0.1) is 11.3 Å². The smallest absolute Gasteiger partial charge is 0.335 e. The van der Waals surface area contributed by atoms with Crippen LogP contribution in [0.1, 0.15) is 61.5 Å². The van der Waals surface area contributed by atoms with Crippen LogP contribution >= 0.6 is 11.9 Å². The van der Waals surface area contributed by atoms with E-state index in [1.54, 1.807) is 12.1 Å². The van der Waals surface area contributed by atoms with E-state index in [0.717, 1.165) is 34.9 Å². The highest BCUT2D eigenvalue weighted by Crippen LogP contribution is 2.37. The fourth-order valence-corrected chi connectivity index (χ4v) is 4.62. The van der Waals surface area contributed by atoms with Gasteiger partial charge in [-0.05, 0) is 72.5 Å². The molecule has 152 valence electrons. The summed E-state index contributed by atoms with van der Waals surface area (Å²) in [5.41, 5.74) is 3.80. The molecule has 1 fully saturated rings. The number of hydrogen-bond donors (Lipinski definition) is 2. The first-order valence-corrected chi connectivity index (χ1v) is 10.7. The highest BCUT2D eigenvalue weighted by molar-refractivity contribution is 8.00. The lowest BCUT2D eigenvalue weighted by Crippen LogP contribution is -2.29. The van der Waals surface area contributed by atoms with Crippen molar-refractivity contribution in [2.24, 2.45) is 0 Å². The predicted molar refractivity (Wildman–Crippen MR) is 119 cm³/mol. The second-order valence-electron chi connectivity index (χ2n) is 8.36. The van der Waals surface area contributed by atoms with E-state index in [1.807, 2.05) is 24.3 Å². The highest BCUT2D eigenvalue weighted by Gasteiger charge is 2.21. The lowest BCUT2D eigenvalue weighted by Gasteiger charge is -2.31. The van der Waals surface area contributed by atoms with E-state index in [9.17, 15) is 15.2 Å². The number of aromatic carboxylic acids is 1. The van der Waals surface area contributed by atoms with Crippen molar-refractivity contribution >= 4 is 29.3 Å². The van der Waals surface area contributed by atoms with Crippen LogP contribution in [0.15, 0.2) is 41.3 Å². The minimum absolute atomic E-state index is 0.120. The Morgan fingerprint density at radius 2 is 1.86 bits per heavy atom. The lowest BCUT2D eigenvalue weighted by molar-refractivity contribution is 0.0696. The quantitative estimate of drug-likeness (QED) is 0.620. The highest BCUT2D eigenvalue weighted by atomic mass is 32.2. The van der Waals surface area contributed by atoms with Crippen LogP contribution in [0.25, 0.3) is 0 Å². The zero-order valence-electron chi connectivity index (χ0n) is 17.2.